The van der Waals surface area contributed by atoms with Crippen molar-refractivity contribution >= 4 is 23.2 Å². The minimum absolute atomic E-state index is 0.118. The van der Waals surface area contributed by atoms with Gasteiger partial charge in [-0.2, -0.15) is 0 Å². The molecule has 4 aromatic rings. The van der Waals surface area contributed by atoms with Crippen molar-refractivity contribution < 1.29 is 18.6 Å². The minimum atomic E-state index is -2.37. The van der Waals surface area contributed by atoms with Crippen LogP contribution in [0.4, 0.5) is 4.39 Å². The second kappa shape index (κ2) is 13.9. The van der Waals surface area contributed by atoms with E-state index in [1.54, 1.807) is 0 Å². The van der Waals surface area contributed by atoms with Gasteiger partial charge in [0.2, 0.25) is 0 Å². The van der Waals surface area contributed by atoms with Crippen LogP contribution in [-0.4, -0.2) is 39.7 Å². The van der Waals surface area contributed by atoms with Crippen LogP contribution in [0.3, 0.4) is 0 Å². The molecule has 0 spiro atoms. The number of alkyl halides is 1. The zero-order valence-electron chi connectivity index (χ0n) is 20.5. The average molecular weight is 505 g/mol. The molecule has 188 valence electrons. The van der Waals surface area contributed by atoms with Crippen molar-refractivity contribution in [3.8, 4) is 5.75 Å². The Bertz CT molecular complexity index is 1100. The van der Waals surface area contributed by atoms with E-state index in [4.69, 9.17) is 14.2 Å². The van der Waals surface area contributed by atoms with Crippen LogP contribution in [0.15, 0.2) is 115 Å². The molecule has 0 aliphatic carbocycles. The van der Waals surface area contributed by atoms with E-state index in [0.29, 0.717) is 26.4 Å². The second-order valence-electron chi connectivity index (χ2n) is 8.59. The van der Waals surface area contributed by atoms with E-state index in [1.807, 2.05) is 0 Å². The SMILES string of the molecule is FCCOCCOCCOc1ccc([PH](Cc2ccccc2)(c2ccccc2)c2ccccc2)cc1. The zero-order chi connectivity index (χ0) is 24.9. The molecule has 0 aliphatic heterocycles. The first-order valence-corrected chi connectivity index (χ1v) is 14.6. The Labute approximate surface area is 214 Å². The molecular weight excluding hydrogens is 470 g/mol. The number of hydrogen-bond donors (Lipinski definition) is 0. The van der Waals surface area contributed by atoms with Gasteiger partial charge in [0.05, 0.1) is 0 Å². The van der Waals surface area contributed by atoms with Crippen LogP contribution >= 0.6 is 7.26 Å². The van der Waals surface area contributed by atoms with Crippen molar-refractivity contribution in [3.63, 3.8) is 0 Å². The van der Waals surface area contributed by atoms with Gasteiger partial charge in [-0.25, -0.2) is 4.39 Å². The second-order valence-corrected chi connectivity index (χ2v) is 12.5. The van der Waals surface area contributed by atoms with E-state index in [2.05, 4.69) is 115 Å². The fraction of sp³-hybridized carbons (Fsp3) is 0.226. The summed E-state index contributed by atoms with van der Waals surface area (Å²) in [6.07, 6.45) is 0.973. The van der Waals surface area contributed by atoms with Gasteiger partial charge >= 0.3 is 203 Å². The number of hydrogen-bond acceptors (Lipinski definition) is 3. The van der Waals surface area contributed by atoms with E-state index in [9.17, 15) is 4.39 Å². The van der Waals surface area contributed by atoms with Crippen LogP contribution < -0.4 is 20.7 Å². The van der Waals surface area contributed by atoms with Crippen molar-refractivity contribution in [3.05, 3.63) is 121 Å². The molecule has 36 heavy (non-hydrogen) atoms. The topological polar surface area (TPSA) is 27.7 Å². The fourth-order valence-electron chi connectivity index (χ4n) is 4.58. The van der Waals surface area contributed by atoms with Gasteiger partial charge < -0.3 is 0 Å². The van der Waals surface area contributed by atoms with E-state index in [0.717, 1.165) is 11.9 Å². The van der Waals surface area contributed by atoms with Crippen LogP contribution in [0.25, 0.3) is 0 Å². The van der Waals surface area contributed by atoms with Crippen LogP contribution in [0.1, 0.15) is 5.56 Å². The molecular formula is C31H34FO3P. The molecule has 0 heterocycles. The van der Waals surface area contributed by atoms with Gasteiger partial charge in [0, 0.05) is 0 Å². The van der Waals surface area contributed by atoms with Crippen LogP contribution in [0.2, 0.25) is 0 Å². The number of rotatable bonds is 14. The Morgan fingerprint density at radius 3 is 1.53 bits per heavy atom. The summed E-state index contributed by atoms with van der Waals surface area (Å²) in [6, 6.07) is 41.2. The van der Waals surface area contributed by atoms with Crippen LogP contribution in [0.5, 0.6) is 5.75 Å². The van der Waals surface area contributed by atoms with Crippen LogP contribution in [0, 0.1) is 0 Å². The molecule has 0 aromatic heterocycles. The molecule has 0 radical (unpaired) electrons. The molecule has 0 unspecified atom stereocenters. The van der Waals surface area contributed by atoms with Gasteiger partial charge in [0.15, 0.2) is 0 Å². The predicted molar refractivity (Wildman–Crippen MR) is 150 cm³/mol. The number of benzene rings is 4. The maximum atomic E-state index is 12.0. The molecule has 0 bridgehead atoms. The van der Waals surface area contributed by atoms with Gasteiger partial charge in [0.25, 0.3) is 0 Å². The molecule has 0 fully saturated rings. The van der Waals surface area contributed by atoms with Gasteiger partial charge in [-0.05, 0) is 0 Å². The quantitative estimate of drug-likeness (QED) is 0.172. The summed E-state index contributed by atoms with van der Waals surface area (Å²) >= 11 is 0. The van der Waals surface area contributed by atoms with Crippen molar-refractivity contribution in [2.45, 2.75) is 6.16 Å². The van der Waals surface area contributed by atoms with Gasteiger partial charge in [-0.1, -0.05) is 0 Å². The molecule has 3 nitrogen and oxygen atoms in total. The summed E-state index contributed by atoms with van der Waals surface area (Å²) in [6.45, 7) is 1.39. The molecule has 0 saturated carbocycles. The molecule has 0 aliphatic rings. The zero-order valence-corrected chi connectivity index (χ0v) is 21.5. The molecule has 4 aromatic carbocycles. The normalized spacial score (nSPS) is 11.8. The first kappa shape index (κ1) is 26.0. The molecule has 0 saturated heterocycles. The first-order chi connectivity index (χ1) is 17.8. The molecule has 0 atom stereocenters. The van der Waals surface area contributed by atoms with E-state index in [-0.39, 0.29) is 6.61 Å². The summed E-state index contributed by atoms with van der Waals surface area (Å²) in [5, 5.41) is 4.12. The van der Waals surface area contributed by atoms with Gasteiger partial charge in [0.1, 0.15) is 6.67 Å². The molecule has 0 amide bonds. The average Bonchev–Trinajstić information content (AvgIpc) is 2.95. The summed E-state index contributed by atoms with van der Waals surface area (Å²) in [7, 11) is -2.37. The third-order valence-electron chi connectivity index (χ3n) is 6.28. The molecule has 4 rings (SSSR count). The first-order valence-electron chi connectivity index (χ1n) is 12.4. The Balaban J connectivity index is 1.57. The van der Waals surface area contributed by atoms with Gasteiger partial charge in [-0.15, -0.1) is 0 Å². The Hall–Kier alpha value is -3.04. The van der Waals surface area contributed by atoms with Gasteiger partial charge in [-0.3, -0.25) is 0 Å². The molecule has 5 heteroatoms. The molecule has 0 N–H and O–H groups in total. The van der Waals surface area contributed by atoms with E-state index in [1.165, 1.54) is 21.5 Å². The summed E-state index contributed by atoms with van der Waals surface area (Å²) in [4.78, 5) is 0. The number of ether oxygens (including phenoxy) is 3. The van der Waals surface area contributed by atoms with Crippen LogP contribution in [-0.2, 0) is 15.6 Å². The number of halogens is 1. The van der Waals surface area contributed by atoms with E-state index >= 15 is 0 Å². The van der Waals surface area contributed by atoms with Crippen molar-refractivity contribution in [2.24, 2.45) is 0 Å². The third kappa shape index (κ3) is 6.79. The maximum absolute atomic E-state index is 12.0. The summed E-state index contributed by atoms with van der Waals surface area (Å²) in [5.41, 5.74) is 1.34. The Kier molecular flexibility index (Phi) is 10.0. The summed E-state index contributed by atoms with van der Waals surface area (Å²) in [5.74, 6) is 0.819. The third-order valence-corrected chi connectivity index (χ3v) is 11.2. The van der Waals surface area contributed by atoms with Crippen molar-refractivity contribution in [2.75, 3.05) is 39.7 Å². The van der Waals surface area contributed by atoms with Crippen molar-refractivity contribution in [1.82, 2.24) is 0 Å². The Morgan fingerprint density at radius 2 is 0.972 bits per heavy atom. The fourth-order valence-corrected chi connectivity index (χ4v) is 9.30. The monoisotopic (exact) mass is 504 g/mol. The Morgan fingerprint density at radius 1 is 0.500 bits per heavy atom. The van der Waals surface area contributed by atoms with Crippen molar-refractivity contribution in [1.29, 1.82) is 0 Å². The van der Waals surface area contributed by atoms with E-state index < -0.39 is 13.9 Å². The standard InChI is InChI=1S/C31H34FO3P/c32-20-21-33-22-23-34-24-25-35-28-16-18-31(19-17-28)36(29-12-6-2-7-13-29,30-14-8-3-9-15-30)26-27-10-4-1-5-11-27/h1-19,36H,20-26H2. The predicted octanol–water partition coefficient (Wildman–Crippen LogP) is 5.29. The summed E-state index contributed by atoms with van der Waals surface area (Å²) < 4.78 is 28.5.